The van der Waals surface area contributed by atoms with E-state index in [0.717, 1.165) is 10.9 Å². The summed E-state index contributed by atoms with van der Waals surface area (Å²) in [6, 6.07) is 12.9. The number of phenols is 1. The molecule has 0 heterocycles. The Balaban J connectivity index is 1.96. The number of rotatable bonds is 4. The quantitative estimate of drug-likeness (QED) is 0.900. The molecule has 2 aromatic rings. The van der Waals surface area contributed by atoms with Crippen LogP contribution in [0, 0.1) is 6.92 Å². The summed E-state index contributed by atoms with van der Waals surface area (Å²) in [5, 5.41) is 12.5. The topological polar surface area (TPSA) is 49.3 Å². The van der Waals surface area contributed by atoms with Crippen LogP contribution >= 0.6 is 15.9 Å². The largest absolute Gasteiger partial charge is 0.507 e. The molecule has 0 bridgehead atoms. The van der Waals surface area contributed by atoms with Crippen LogP contribution in [0.3, 0.4) is 0 Å². The number of phenolic OH excluding ortho intramolecular Hbond substituents is 1. The highest BCUT2D eigenvalue weighted by atomic mass is 79.9. The van der Waals surface area contributed by atoms with Crippen molar-refractivity contribution in [3.63, 3.8) is 0 Å². The fourth-order valence-corrected chi connectivity index (χ4v) is 2.35. The van der Waals surface area contributed by atoms with Gasteiger partial charge in [-0.3, -0.25) is 4.79 Å². The highest BCUT2D eigenvalue weighted by Crippen LogP contribution is 2.21. The van der Waals surface area contributed by atoms with E-state index in [0.29, 0.717) is 6.54 Å². The molecule has 104 valence electrons. The van der Waals surface area contributed by atoms with Crippen molar-refractivity contribution in [1.82, 2.24) is 5.32 Å². The second-order valence-electron chi connectivity index (χ2n) is 4.59. The average Bonchev–Trinajstić information content (AvgIpc) is 2.43. The first-order chi connectivity index (χ1) is 9.58. The fourth-order valence-electron chi connectivity index (χ4n) is 1.99. The van der Waals surface area contributed by atoms with E-state index in [2.05, 4.69) is 40.3 Å². The molecule has 2 aromatic carbocycles. The van der Waals surface area contributed by atoms with Crippen LogP contribution in [0.25, 0.3) is 0 Å². The van der Waals surface area contributed by atoms with Gasteiger partial charge in [-0.05, 0) is 42.7 Å². The van der Waals surface area contributed by atoms with Crippen LogP contribution in [0.15, 0.2) is 46.9 Å². The average molecular weight is 334 g/mol. The summed E-state index contributed by atoms with van der Waals surface area (Å²) in [6.07, 6.45) is 0.771. The molecule has 0 aliphatic heterocycles. The van der Waals surface area contributed by atoms with Crippen molar-refractivity contribution >= 4 is 21.8 Å². The summed E-state index contributed by atoms with van der Waals surface area (Å²) in [5.74, 6) is -0.279. The lowest BCUT2D eigenvalue weighted by Gasteiger charge is -2.09. The maximum Gasteiger partial charge on any atom is 0.255 e. The Morgan fingerprint density at radius 3 is 2.75 bits per heavy atom. The maximum atomic E-state index is 12.0. The third-order valence-electron chi connectivity index (χ3n) is 3.14. The van der Waals surface area contributed by atoms with Crippen molar-refractivity contribution in [3.8, 4) is 5.75 Å². The van der Waals surface area contributed by atoms with Gasteiger partial charge in [0, 0.05) is 11.0 Å². The fraction of sp³-hybridized carbons (Fsp3) is 0.188. The van der Waals surface area contributed by atoms with Crippen molar-refractivity contribution in [2.24, 2.45) is 0 Å². The number of amides is 1. The predicted molar refractivity (Wildman–Crippen MR) is 83.0 cm³/mol. The van der Waals surface area contributed by atoms with Gasteiger partial charge in [0.05, 0.1) is 5.56 Å². The molecule has 0 spiro atoms. The first-order valence-electron chi connectivity index (χ1n) is 6.39. The van der Waals surface area contributed by atoms with E-state index in [9.17, 15) is 9.90 Å². The molecule has 0 fully saturated rings. The van der Waals surface area contributed by atoms with Crippen LogP contribution in [0.4, 0.5) is 0 Å². The highest BCUT2D eigenvalue weighted by molar-refractivity contribution is 9.10. The summed E-state index contributed by atoms with van der Waals surface area (Å²) in [6.45, 7) is 2.59. The third-order valence-corrected chi connectivity index (χ3v) is 3.64. The van der Waals surface area contributed by atoms with Gasteiger partial charge in [-0.2, -0.15) is 0 Å². The minimum atomic E-state index is -0.266. The molecule has 0 atom stereocenters. The van der Waals surface area contributed by atoms with Crippen LogP contribution in [-0.4, -0.2) is 17.6 Å². The SMILES string of the molecule is Cc1ccccc1CCNC(=O)c1cc(Br)ccc1O. The molecule has 0 saturated heterocycles. The summed E-state index contributed by atoms with van der Waals surface area (Å²) in [7, 11) is 0. The molecule has 0 radical (unpaired) electrons. The number of aromatic hydroxyl groups is 1. The number of nitrogens with one attached hydrogen (secondary N) is 1. The van der Waals surface area contributed by atoms with Crippen LogP contribution in [0.2, 0.25) is 0 Å². The maximum absolute atomic E-state index is 12.0. The number of carbonyl (C=O) groups excluding carboxylic acids is 1. The summed E-state index contributed by atoms with van der Waals surface area (Å²) < 4.78 is 0.763. The molecule has 0 aliphatic rings. The van der Waals surface area contributed by atoms with Gasteiger partial charge in [0.15, 0.2) is 0 Å². The molecule has 0 aromatic heterocycles. The normalized spacial score (nSPS) is 10.3. The highest BCUT2D eigenvalue weighted by Gasteiger charge is 2.11. The van der Waals surface area contributed by atoms with Crippen molar-refractivity contribution in [3.05, 3.63) is 63.6 Å². The number of hydrogen-bond donors (Lipinski definition) is 2. The monoisotopic (exact) mass is 333 g/mol. The molecule has 2 N–H and O–H groups in total. The Morgan fingerprint density at radius 1 is 1.25 bits per heavy atom. The van der Waals surface area contributed by atoms with Crippen LogP contribution in [-0.2, 0) is 6.42 Å². The van der Waals surface area contributed by atoms with Gasteiger partial charge in [0.25, 0.3) is 5.91 Å². The lowest BCUT2D eigenvalue weighted by Crippen LogP contribution is -2.25. The number of halogens is 1. The minimum Gasteiger partial charge on any atom is -0.507 e. The first kappa shape index (κ1) is 14.6. The van der Waals surface area contributed by atoms with E-state index in [1.807, 2.05) is 12.1 Å². The third kappa shape index (κ3) is 3.61. The molecule has 0 saturated carbocycles. The van der Waals surface area contributed by atoms with Gasteiger partial charge in [-0.15, -0.1) is 0 Å². The first-order valence-corrected chi connectivity index (χ1v) is 7.18. The molecular formula is C16H16BrNO2. The van der Waals surface area contributed by atoms with Crippen molar-refractivity contribution in [2.45, 2.75) is 13.3 Å². The zero-order chi connectivity index (χ0) is 14.5. The Labute approximate surface area is 126 Å². The van der Waals surface area contributed by atoms with E-state index in [1.54, 1.807) is 12.1 Å². The summed E-state index contributed by atoms with van der Waals surface area (Å²) in [5.41, 5.74) is 2.71. The van der Waals surface area contributed by atoms with Crippen LogP contribution in [0.5, 0.6) is 5.75 Å². The van der Waals surface area contributed by atoms with Crippen LogP contribution < -0.4 is 5.32 Å². The molecule has 3 nitrogen and oxygen atoms in total. The van der Waals surface area contributed by atoms with Gasteiger partial charge in [0.2, 0.25) is 0 Å². The Morgan fingerprint density at radius 2 is 2.00 bits per heavy atom. The van der Waals surface area contributed by atoms with Gasteiger partial charge in [-0.1, -0.05) is 40.2 Å². The molecule has 4 heteroatoms. The second-order valence-corrected chi connectivity index (χ2v) is 5.51. The lowest BCUT2D eigenvalue weighted by molar-refractivity contribution is 0.0951. The number of benzene rings is 2. The van der Waals surface area contributed by atoms with Gasteiger partial charge in [0.1, 0.15) is 5.75 Å². The Hall–Kier alpha value is -1.81. The van der Waals surface area contributed by atoms with Crippen molar-refractivity contribution < 1.29 is 9.90 Å². The molecule has 0 unspecified atom stereocenters. The number of aryl methyl sites for hydroxylation is 1. The Kier molecular flexibility index (Phi) is 4.79. The van der Waals surface area contributed by atoms with E-state index < -0.39 is 0 Å². The predicted octanol–water partition coefficient (Wildman–Crippen LogP) is 3.44. The standard InChI is InChI=1S/C16H16BrNO2/c1-11-4-2-3-5-12(11)8-9-18-16(20)14-10-13(17)6-7-15(14)19/h2-7,10,19H,8-9H2,1H3,(H,18,20). The smallest absolute Gasteiger partial charge is 0.255 e. The van der Waals surface area contributed by atoms with Gasteiger partial charge < -0.3 is 10.4 Å². The zero-order valence-corrected chi connectivity index (χ0v) is 12.8. The van der Waals surface area contributed by atoms with Crippen molar-refractivity contribution in [2.75, 3.05) is 6.54 Å². The van der Waals surface area contributed by atoms with E-state index >= 15 is 0 Å². The van der Waals surface area contributed by atoms with E-state index in [4.69, 9.17) is 0 Å². The molecule has 0 aliphatic carbocycles. The minimum absolute atomic E-state index is 0.0124. The number of carbonyl (C=O) groups is 1. The lowest BCUT2D eigenvalue weighted by atomic mass is 10.1. The second kappa shape index (κ2) is 6.57. The Bertz CT molecular complexity index is 626. The van der Waals surface area contributed by atoms with Crippen molar-refractivity contribution in [1.29, 1.82) is 0 Å². The van der Waals surface area contributed by atoms with E-state index in [-0.39, 0.29) is 17.2 Å². The van der Waals surface area contributed by atoms with E-state index in [1.165, 1.54) is 17.2 Å². The van der Waals surface area contributed by atoms with Crippen LogP contribution in [0.1, 0.15) is 21.5 Å². The molecule has 20 heavy (non-hydrogen) atoms. The summed E-state index contributed by atoms with van der Waals surface area (Å²) >= 11 is 3.29. The molecular weight excluding hydrogens is 318 g/mol. The molecule has 1 amide bonds. The molecule has 2 rings (SSSR count). The van der Waals surface area contributed by atoms with Gasteiger partial charge in [-0.25, -0.2) is 0 Å². The zero-order valence-electron chi connectivity index (χ0n) is 11.2. The summed E-state index contributed by atoms with van der Waals surface area (Å²) in [4.78, 5) is 12.0. The van der Waals surface area contributed by atoms with Gasteiger partial charge >= 0.3 is 0 Å². The number of hydrogen-bond acceptors (Lipinski definition) is 2.